The van der Waals surface area contributed by atoms with Gasteiger partial charge < -0.3 is 10.6 Å². The number of carbonyl (C=O) groups excluding carboxylic acids is 2. The molecule has 0 heterocycles. The summed E-state index contributed by atoms with van der Waals surface area (Å²) < 4.78 is 26.3. The molecule has 0 aliphatic rings. The van der Waals surface area contributed by atoms with Crippen LogP contribution in [0.25, 0.3) is 0 Å². The molecular weight excluding hydrogens is 450 g/mol. The second kappa shape index (κ2) is 11.0. The van der Waals surface area contributed by atoms with E-state index in [9.17, 15) is 18.0 Å². The van der Waals surface area contributed by atoms with Crippen molar-refractivity contribution in [3.63, 3.8) is 0 Å². The Bertz CT molecular complexity index is 1230. The van der Waals surface area contributed by atoms with Gasteiger partial charge in [-0.2, -0.15) is 0 Å². The molecule has 178 valence electrons. The molecule has 0 unspecified atom stereocenters. The Morgan fingerprint density at radius 3 is 2.03 bits per heavy atom. The van der Waals surface area contributed by atoms with E-state index in [2.05, 4.69) is 10.6 Å². The van der Waals surface area contributed by atoms with Gasteiger partial charge in [0.15, 0.2) is 0 Å². The zero-order valence-electron chi connectivity index (χ0n) is 19.4. The summed E-state index contributed by atoms with van der Waals surface area (Å²) in [5.74, 6) is -0.864. The van der Waals surface area contributed by atoms with E-state index in [0.717, 1.165) is 16.1 Å². The Balaban J connectivity index is 1.84. The lowest BCUT2D eigenvalue weighted by molar-refractivity contribution is -0.117. The van der Waals surface area contributed by atoms with Crippen molar-refractivity contribution in [3.05, 3.63) is 96.1 Å². The van der Waals surface area contributed by atoms with E-state index in [1.54, 1.807) is 61.5 Å². The third kappa shape index (κ3) is 6.02. The van der Waals surface area contributed by atoms with E-state index in [1.165, 1.54) is 0 Å². The summed E-state index contributed by atoms with van der Waals surface area (Å²) in [6, 6.07) is 23.5. The molecule has 3 rings (SSSR count). The van der Waals surface area contributed by atoms with Crippen LogP contribution in [0.3, 0.4) is 0 Å². The van der Waals surface area contributed by atoms with Crippen LogP contribution in [0.2, 0.25) is 0 Å². The fourth-order valence-corrected chi connectivity index (χ4v) is 4.95. The largest absolute Gasteiger partial charge is 0.345 e. The minimum absolute atomic E-state index is 0.236. The summed E-state index contributed by atoms with van der Waals surface area (Å²) in [7, 11) is -3.75. The molecule has 3 aromatic rings. The second-order valence-corrected chi connectivity index (χ2v) is 9.82. The second-order valence-electron chi connectivity index (χ2n) is 7.96. The molecule has 0 radical (unpaired) electrons. The molecule has 0 aliphatic carbocycles. The molecule has 34 heavy (non-hydrogen) atoms. The van der Waals surface area contributed by atoms with E-state index >= 15 is 0 Å². The van der Waals surface area contributed by atoms with Crippen LogP contribution in [0.1, 0.15) is 42.2 Å². The van der Waals surface area contributed by atoms with Gasteiger partial charge in [0.2, 0.25) is 15.9 Å². The summed E-state index contributed by atoms with van der Waals surface area (Å²) in [6.45, 7) is 3.62. The highest BCUT2D eigenvalue weighted by molar-refractivity contribution is 7.92. The molecule has 7 nitrogen and oxygen atoms in total. The smallest absolute Gasteiger partial charge is 0.253 e. The van der Waals surface area contributed by atoms with Crippen LogP contribution in [0.5, 0.6) is 0 Å². The first kappa shape index (κ1) is 25.0. The summed E-state index contributed by atoms with van der Waals surface area (Å²) in [4.78, 5) is 26.3. The van der Waals surface area contributed by atoms with Gasteiger partial charge in [0.1, 0.15) is 6.04 Å². The van der Waals surface area contributed by atoms with Gasteiger partial charge in [-0.25, -0.2) is 8.42 Å². The molecule has 0 saturated carbocycles. The third-order valence-corrected chi connectivity index (χ3v) is 6.60. The molecule has 8 heteroatoms. The number of rotatable bonds is 9. The number of carbonyl (C=O) groups is 2. The quantitative estimate of drug-likeness (QED) is 0.477. The number of anilines is 2. The van der Waals surface area contributed by atoms with Gasteiger partial charge in [-0.1, -0.05) is 67.6 Å². The maximum absolute atomic E-state index is 13.3. The summed E-state index contributed by atoms with van der Waals surface area (Å²) >= 11 is 0. The molecule has 3 aromatic carbocycles. The SMILES string of the molecule is CC[C@@H](C(=O)Nc1ccccc1C(=O)N[C@H](C)c1ccccc1)N(c1ccccc1)S(C)(=O)=O. The van der Waals surface area contributed by atoms with Crippen LogP contribution >= 0.6 is 0 Å². The monoisotopic (exact) mass is 479 g/mol. The highest BCUT2D eigenvalue weighted by Crippen LogP contribution is 2.24. The Kier molecular flexibility index (Phi) is 8.07. The molecule has 0 saturated heterocycles. The van der Waals surface area contributed by atoms with Gasteiger partial charge in [-0.3, -0.25) is 13.9 Å². The van der Waals surface area contributed by atoms with Crippen LogP contribution in [0.15, 0.2) is 84.9 Å². The minimum atomic E-state index is -3.75. The van der Waals surface area contributed by atoms with Crippen molar-refractivity contribution in [2.45, 2.75) is 32.4 Å². The fourth-order valence-electron chi connectivity index (χ4n) is 3.74. The van der Waals surface area contributed by atoms with Gasteiger partial charge in [0.05, 0.1) is 29.2 Å². The van der Waals surface area contributed by atoms with E-state index < -0.39 is 22.0 Å². The molecule has 0 aromatic heterocycles. The Morgan fingerprint density at radius 2 is 1.44 bits per heavy atom. The van der Waals surface area contributed by atoms with Gasteiger partial charge in [0.25, 0.3) is 5.91 Å². The van der Waals surface area contributed by atoms with Crippen LogP contribution < -0.4 is 14.9 Å². The normalized spacial score (nSPS) is 12.9. The van der Waals surface area contributed by atoms with Gasteiger partial charge in [0, 0.05) is 0 Å². The van der Waals surface area contributed by atoms with E-state index in [1.807, 2.05) is 37.3 Å². The molecule has 0 aliphatic heterocycles. The number of hydrogen-bond acceptors (Lipinski definition) is 4. The Morgan fingerprint density at radius 1 is 0.882 bits per heavy atom. The first-order chi connectivity index (χ1) is 16.2. The van der Waals surface area contributed by atoms with Crippen LogP contribution in [0.4, 0.5) is 11.4 Å². The predicted octanol–water partition coefficient (Wildman–Crippen LogP) is 4.36. The van der Waals surface area contributed by atoms with Gasteiger partial charge >= 0.3 is 0 Å². The predicted molar refractivity (Wildman–Crippen MR) is 135 cm³/mol. The van der Waals surface area contributed by atoms with Crippen molar-refractivity contribution in [1.29, 1.82) is 0 Å². The van der Waals surface area contributed by atoms with Crippen molar-refractivity contribution >= 4 is 33.2 Å². The zero-order chi connectivity index (χ0) is 24.7. The maximum atomic E-state index is 13.3. The molecule has 2 N–H and O–H groups in total. The number of benzene rings is 3. The molecular formula is C26H29N3O4S. The fraction of sp³-hybridized carbons (Fsp3) is 0.231. The third-order valence-electron chi connectivity index (χ3n) is 5.42. The minimum Gasteiger partial charge on any atom is -0.345 e. The molecule has 0 bridgehead atoms. The number of nitrogens with zero attached hydrogens (tertiary/aromatic N) is 1. The van der Waals surface area contributed by atoms with Crippen LogP contribution in [-0.4, -0.2) is 32.5 Å². The number of hydrogen-bond donors (Lipinski definition) is 2. The topological polar surface area (TPSA) is 95.6 Å². The van der Waals surface area contributed by atoms with Crippen molar-refractivity contribution < 1.29 is 18.0 Å². The summed E-state index contributed by atoms with van der Waals surface area (Å²) in [5.41, 5.74) is 1.95. The zero-order valence-corrected chi connectivity index (χ0v) is 20.2. The van der Waals surface area contributed by atoms with Gasteiger partial charge in [-0.15, -0.1) is 0 Å². The highest BCUT2D eigenvalue weighted by Gasteiger charge is 2.32. The van der Waals surface area contributed by atoms with Crippen molar-refractivity contribution in [2.75, 3.05) is 15.9 Å². The van der Waals surface area contributed by atoms with Crippen LogP contribution in [-0.2, 0) is 14.8 Å². The molecule has 0 spiro atoms. The first-order valence-electron chi connectivity index (χ1n) is 11.0. The van der Waals surface area contributed by atoms with Crippen LogP contribution in [0, 0.1) is 0 Å². The average Bonchev–Trinajstić information content (AvgIpc) is 2.82. The van der Waals surface area contributed by atoms with E-state index in [-0.39, 0.29) is 18.4 Å². The number of amides is 2. The highest BCUT2D eigenvalue weighted by atomic mass is 32.2. The molecule has 0 fully saturated rings. The number of nitrogens with one attached hydrogen (secondary N) is 2. The average molecular weight is 480 g/mol. The number of sulfonamides is 1. The Labute approximate surface area is 200 Å². The molecule has 2 amide bonds. The maximum Gasteiger partial charge on any atom is 0.253 e. The molecule has 2 atom stereocenters. The van der Waals surface area contributed by atoms with Gasteiger partial charge in [-0.05, 0) is 43.2 Å². The lowest BCUT2D eigenvalue weighted by Gasteiger charge is -2.30. The van der Waals surface area contributed by atoms with Crippen molar-refractivity contribution in [3.8, 4) is 0 Å². The van der Waals surface area contributed by atoms with Crippen molar-refractivity contribution in [2.24, 2.45) is 0 Å². The summed E-state index contributed by atoms with van der Waals surface area (Å²) in [6.07, 6.45) is 1.31. The van der Waals surface area contributed by atoms with Crippen molar-refractivity contribution in [1.82, 2.24) is 5.32 Å². The van der Waals surface area contributed by atoms with E-state index in [0.29, 0.717) is 16.9 Å². The standard InChI is InChI=1S/C26H29N3O4S/c1-4-24(29(34(3,32)33)21-15-9-6-10-16-21)26(31)28-23-18-12-11-17-22(23)25(30)27-19(2)20-13-7-5-8-14-20/h5-19,24H,4H2,1-3H3,(H,27,30)(H,28,31)/t19-,24+/m1/s1. The first-order valence-corrected chi connectivity index (χ1v) is 12.9. The lowest BCUT2D eigenvalue weighted by atomic mass is 10.1. The lowest BCUT2D eigenvalue weighted by Crippen LogP contribution is -2.47. The Hall–Kier alpha value is -3.65. The number of para-hydroxylation sites is 2. The van der Waals surface area contributed by atoms with E-state index in [4.69, 9.17) is 0 Å². The summed E-state index contributed by atoms with van der Waals surface area (Å²) in [5, 5.41) is 5.72.